The number of rotatable bonds is 52. The molecule has 0 bridgehead atoms. The van der Waals surface area contributed by atoms with Crippen LogP contribution in [0.15, 0.2) is 97.2 Å². The monoisotopic (exact) mass is 973 g/mol. The summed E-state index contributed by atoms with van der Waals surface area (Å²) in [6.45, 7) is 6.48. The second-order valence-corrected chi connectivity index (χ2v) is 19.2. The summed E-state index contributed by atoms with van der Waals surface area (Å²) in [5.41, 5.74) is 0. The molecule has 0 fully saturated rings. The minimum atomic E-state index is -0.800. The Kier molecular flexibility index (Phi) is 54.9. The number of hydrogen-bond donors (Lipinski definition) is 0. The Morgan fingerprint density at radius 2 is 0.557 bits per heavy atom. The third-order valence-corrected chi connectivity index (χ3v) is 12.3. The average Bonchev–Trinajstić information content (AvgIpc) is 3.36. The van der Waals surface area contributed by atoms with Crippen LogP contribution in [0.2, 0.25) is 0 Å². The quantitative estimate of drug-likeness (QED) is 0.0262. The van der Waals surface area contributed by atoms with Crippen molar-refractivity contribution in [2.75, 3.05) is 13.2 Å². The SMILES string of the molecule is CC/C=C\C/C=C\C/C=C\C/C=C\C/C=C\CCCCCC(=O)OC(COC(=O)CCCCCCCC/C=C\C/C=C\C/C=C\CCCCCCC)COC(=O)CCCCCCCCCCCCCC. The smallest absolute Gasteiger partial charge is 0.306 e. The summed E-state index contributed by atoms with van der Waals surface area (Å²) in [7, 11) is 0. The second kappa shape index (κ2) is 57.9. The van der Waals surface area contributed by atoms with Gasteiger partial charge in [0.2, 0.25) is 0 Å². The van der Waals surface area contributed by atoms with E-state index >= 15 is 0 Å². The predicted octanol–water partition coefficient (Wildman–Crippen LogP) is 19.7. The van der Waals surface area contributed by atoms with Crippen LogP contribution in [0.5, 0.6) is 0 Å². The summed E-state index contributed by atoms with van der Waals surface area (Å²) in [5.74, 6) is -0.936. The van der Waals surface area contributed by atoms with Crippen molar-refractivity contribution in [3.05, 3.63) is 97.2 Å². The third kappa shape index (κ3) is 55.3. The fourth-order valence-electron chi connectivity index (χ4n) is 7.95. The van der Waals surface area contributed by atoms with Crippen LogP contribution >= 0.6 is 0 Å². The standard InChI is InChI=1S/C64H108O6/c1-4-7-10-13-16-19-22-25-27-29-31-32-34-35-37-39-42-45-48-51-54-57-63(66)69-60-61(59-68-62(65)56-53-50-47-44-41-24-21-18-15-12-9-6-3)70-64(67)58-55-52-49-46-43-40-38-36-33-30-28-26-23-20-17-14-11-8-5-2/h8,11,17,20,22,25-26,28-29,31,33-36,40,43,61H,4-7,9-10,12-16,18-19,21,23-24,27,30,32,37-39,41-42,44-60H2,1-3H3/b11-8-,20-17-,25-22-,28-26-,31-29-,35-34-,36-33-,43-40-. The number of ether oxygens (including phenoxy) is 3. The maximum Gasteiger partial charge on any atom is 0.306 e. The van der Waals surface area contributed by atoms with E-state index in [9.17, 15) is 14.4 Å². The molecule has 0 rings (SSSR count). The first kappa shape index (κ1) is 66.3. The zero-order valence-electron chi connectivity index (χ0n) is 45.8. The van der Waals surface area contributed by atoms with Crippen LogP contribution in [0.25, 0.3) is 0 Å². The van der Waals surface area contributed by atoms with Gasteiger partial charge in [0.05, 0.1) is 0 Å². The average molecular weight is 974 g/mol. The molecule has 0 aliphatic rings. The second-order valence-electron chi connectivity index (χ2n) is 19.2. The number of esters is 3. The van der Waals surface area contributed by atoms with E-state index in [-0.39, 0.29) is 37.5 Å². The van der Waals surface area contributed by atoms with Gasteiger partial charge in [-0.15, -0.1) is 0 Å². The van der Waals surface area contributed by atoms with Crippen LogP contribution in [-0.2, 0) is 28.6 Å². The molecular weight excluding hydrogens is 865 g/mol. The number of hydrogen-bond acceptors (Lipinski definition) is 6. The number of unbranched alkanes of at least 4 members (excludes halogenated alkanes) is 25. The molecule has 6 nitrogen and oxygen atoms in total. The van der Waals surface area contributed by atoms with Crippen LogP contribution in [0.4, 0.5) is 0 Å². The molecule has 70 heavy (non-hydrogen) atoms. The molecule has 0 spiro atoms. The molecule has 400 valence electrons. The molecule has 1 atom stereocenters. The zero-order valence-corrected chi connectivity index (χ0v) is 45.8. The Balaban J connectivity index is 4.44. The van der Waals surface area contributed by atoms with Crippen molar-refractivity contribution in [2.45, 2.75) is 277 Å². The van der Waals surface area contributed by atoms with E-state index in [0.29, 0.717) is 12.8 Å². The molecule has 0 aromatic heterocycles. The van der Waals surface area contributed by atoms with Crippen molar-refractivity contribution >= 4 is 17.9 Å². The van der Waals surface area contributed by atoms with Crippen molar-refractivity contribution in [3.63, 3.8) is 0 Å². The highest BCUT2D eigenvalue weighted by Gasteiger charge is 2.19. The van der Waals surface area contributed by atoms with Gasteiger partial charge in [-0.2, -0.15) is 0 Å². The van der Waals surface area contributed by atoms with E-state index < -0.39 is 6.10 Å². The molecular formula is C64H108O6. The first-order valence-corrected chi connectivity index (χ1v) is 29.2. The van der Waals surface area contributed by atoms with Crippen molar-refractivity contribution in [3.8, 4) is 0 Å². The topological polar surface area (TPSA) is 78.9 Å². The van der Waals surface area contributed by atoms with E-state index in [2.05, 4.69) is 118 Å². The van der Waals surface area contributed by atoms with Gasteiger partial charge in [0.15, 0.2) is 6.10 Å². The highest BCUT2D eigenvalue weighted by molar-refractivity contribution is 5.71. The van der Waals surface area contributed by atoms with Crippen LogP contribution < -0.4 is 0 Å². The number of allylic oxidation sites excluding steroid dienone is 16. The molecule has 0 aliphatic heterocycles. The minimum Gasteiger partial charge on any atom is -0.462 e. The van der Waals surface area contributed by atoms with Gasteiger partial charge in [0.1, 0.15) is 13.2 Å². The molecule has 0 amide bonds. The van der Waals surface area contributed by atoms with Crippen molar-refractivity contribution in [2.24, 2.45) is 0 Å². The molecule has 0 aromatic carbocycles. The Morgan fingerprint density at radius 1 is 0.300 bits per heavy atom. The summed E-state index contributed by atoms with van der Waals surface area (Å²) < 4.78 is 16.8. The Morgan fingerprint density at radius 3 is 0.886 bits per heavy atom. The first-order chi connectivity index (χ1) is 34.5. The Hall–Kier alpha value is -3.67. The van der Waals surface area contributed by atoms with Gasteiger partial charge < -0.3 is 14.2 Å². The van der Waals surface area contributed by atoms with Gasteiger partial charge in [-0.1, -0.05) is 246 Å². The molecule has 0 radical (unpaired) electrons. The lowest BCUT2D eigenvalue weighted by Crippen LogP contribution is -2.30. The fraction of sp³-hybridized carbons (Fsp3) is 0.703. The lowest BCUT2D eigenvalue weighted by molar-refractivity contribution is -0.167. The minimum absolute atomic E-state index is 0.0942. The molecule has 6 heteroatoms. The van der Waals surface area contributed by atoms with Crippen molar-refractivity contribution in [1.29, 1.82) is 0 Å². The number of carbonyl (C=O) groups is 3. The Labute approximate surface area is 432 Å². The summed E-state index contributed by atoms with van der Waals surface area (Å²) in [5, 5.41) is 0. The lowest BCUT2D eigenvalue weighted by atomic mass is 10.0. The van der Waals surface area contributed by atoms with E-state index in [1.54, 1.807) is 0 Å². The summed E-state index contributed by atoms with van der Waals surface area (Å²) in [6.07, 6.45) is 76.8. The normalized spacial score (nSPS) is 12.8. The lowest BCUT2D eigenvalue weighted by Gasteiger charge is -2.18. The Bertz CT molecular complexity index is 1400. The maximum absolute atomic E-state index is 12.9. The van der Waals surface area contributed by atoms with Gasteiger partial charge in [-0.3, -0.25) is 14.4 Å². The van der Waals surface area contributed by atoms with Gasteiger partial charge in [-0.05, 0) is 103 Å². The van der Waals surface area contributed by atoms with E-state index in [4.69, 9.17) is 14.2 Å². The molecule has 0 aromatic rings. The number of carbonyl (C=O) groups excluding carboxylic acids is 3. The zero-order chi connectivity index (χ0) is 50.7. The highest BCUT2D eigenvalue weighted by atomic mass is 16.6. The van der Waals surface area contributed by atoms with Gasteiger partial charge in [0.25, 0.3) is 0 Å². The molecule has 0 saturated heterocycles. The van der Waals surface area contributed by atoms with Crippen LogP contribution in [0, 0.1) is 0 Å². The summed E-state index contributed by atoms with van der Waals surface area (Å²) >= 11 is 0. The highest BCUT2D eigenvalue weighted by Crippen LogP contribution is 2.15. The largest absolute Gasteiger partial charge is 0.462 e. The van der Waals surface area contributed by atoms with Gasteiger partial charge >= 0.3 is 17.9 Å². The molecule has 0 heterocycles. The third-order valence-electron chi connectivity index (χ3n) is 12.3. The summed E-state index contributed by atoms with van der Waals surface area (Å²) in [6, 6.07) is 0. The van der Waals surface area contributed by atoms with Crippen molar-refractivity contribution in [1.82, 2.24) is 0 Å². The maximum atomic E-state index is 12.9. The van der Waals surface area contributed by atoms with Gasteiger partial charge in [0, 0.05) is 19.3 Å². The molecule has 0 aliphatic carbocycles. The van der Waals surface area contributed by atoms with E-state index in [1.807, 2.05) is 0 Å². The van der Waals surface area contributed by atoms with Gasteiger partial charge in [-0.25, -0.2) is 0 Å². The van der Waals surface area contributed by atoms with E-state index in [0.717, 1.165) is 116 Å². The predicted molar refractivity (Wildman–Crippen MR) is 302 cm³/mol. The van der Waals surface area contributed by atoms with Crippen molar-refractivity contribution < 1.29 is 28.6 Å². The fourth-order valence-corrected chi connectivity index (χ4v) is 7.95. The molecule has 1 unspecified atom stereocenters. The van der Waals surface area contributed by atoms with E-state index in [1.165, 1.54) is 116 Å². The summed E-state index contributed by atoms with van der Waals surface area (Å²) in [4.78, 5) is 38.2. The molecule has 0 saturated carbocycles. The van der Waals surface area contributed by atoms with Crippen LogP contribution in [0.3, 0.4) is 0 Å². The van der Waals surface area contributed by atoms with Crippen LogP contribution in [0.1, 0.15) is 271 Å². The first-order valence-electron chi connectivity index (χ1n) is 29.2. The molecule has 0 N–H and O–H groups in total. The van der Waals surface area contributed by atoms with Crippen LogP contribution in [-0.4, -0.2) is 37.2 Å².